The number of amidine groups is 1. The Kier molecular flexibility index (Phi) is 5.77. The van der Waals surface area contributed by atoms with Crippen molar-refractivity contribution in [1.82, 2.24) is 9.88 Å². The largest absolute Gasteiger partial charge is 0.287 e. The quantitative estimate of drug-likeness (QED) is 0.441. The van der Waals surface area contributed by atoms with Gasteiger partial charge in [-0.2, -0.15) is 0 Å². The van der Waals surface area contributed by atoms with Crippen LogP contribution < -0.4 is 0 Å². The average molecular weight is 380 g/mol. The minimum absolute atomic E-state index is 0.0186. The average Bonchev–Trinajstić information content (AvgIpc) is 2.97. The summed E-state index contributed by atoms with van der Waals surface area (Å²) in [4.78, 5) is 33.8. The van der Waals surface area contributed by atoms with Crippen LogP contribution in [-0.2, 0) is 4.79 Å². The van der Waals surface area contributed by atoms with Crippen LogP contribution in [0.5, 0.6) is 0 Å². The summed E-state index contributed by atoms with van der Waals surface area (Å²) in [6, 6.07) is 11.8. The second-order valence-electron chi connectivity index (χ2n) is 5.44. The monoisotopic (exact) mass is 380 g/mol. The van der Waals surface area contributed by atoms with Crippen LogP contribution in [0, 0.1) is 10.1 Å². The molecule has 1 aliphatic heterocycles. The third-order valence-electron chi connectivity index (χ3n) is 3.72. The molecule has 8 heteroatoms. The number of thioether (sulfide) groups is 1. The SMILES string of the molecule is CCN1C(=O)/C(=C/C=C/c2ccccc2[N+](=O)[O-])S/C1=N/c1ccccn1. The van der Waals surface area contributed by atoms with Crippen molar-refractivity contribution in [3.63, 3.8) is 0 Å². The van der Waals surface area contributed by atoms with Gasteiger partial charge in [0.1, 0.15) is 0 Å². The van der Waals surface area contributed by atoms with Crippen molar-refractivity contribution in [2.45, 2.75) is 6.92 Å². The lowest BCUT2D eigenvalue weighted by molar-refractivity contribution is -0.385. The number of para-hydroxylation sites is 1. The van der Waals surface area contributed by atoms with E-state index in [-0.39, 0.29) is 11.6 Å². The zero-order valence-electron chi connectivity index (χ0n) is 14.5. The van der Waals surface area contributed by atoms with E-state index in [9.17, 15) is 14.9 Å². The molecule has 1 amide bonds. The summed E-state index contributed by atoms with van der Waals surface area (Å²) in [7, 11) is 0. The van der Waals surface area contributed by atoms with Crippen LogP contribution in [0.1, 0.15) is 12.5 Å². The first kappa shape index (κ1) is 18.5. The molecule has 2 aromatic rings. The van der Waals surface area contributed by atoms with Gasteiger partial charge in [-0.3, -0.25) is 19.8 Å². The van der Waals surface area contributed by atoms with Crippen molar-refractivity contribution in [2.75, 3.05) is 6.54 Å². The molecule has 1 saturated heterocycles. The molecule has 0 unspecified atom stereocenters. The molecule has 0 saturated carbocycles. The van der Waals surface area contributed by atoms with Crippen molar-refractivity contribution in [1.29, 1.82) is 0 Å². The molecule has 1 aromatic heterocycles. The van der Waals surface area contributed by atoms with E-state index in [1.165, 1.54) is 17.8 Å². The Balaban J connectivity index is 1.84. The van der Waals surface area contributed by atoms with Crippen LogP contribution in [0.25, 0.3) is 6.08 Å². The Morgan fingerprint density at radius 3 is 2.74 bits per heavy atom. The van der Waals surface area contributed by atoms with Crippen molar-refractivity contribution in [3.05, 3.63) is 81.4 Å². The minimum Gasteiger partial charge on any atom is -0.287 e. The molecule has 0 bridgehead atoms. The highest BCUT2D eigenvalue weighted by Gasteiger charge is 2.31. The normalized spacial score (nSPS) is 17.4. The van der Waals surface area contributed by atoms with E-state index in [0.29, 0.717) is 28.0 Å². The Labute approximate surface area is 160 Å². The molecule has 136 valence electrons. The number of aliphatic imine (C=N–C) groups is 1. The van der Waals surface area contributed by atoms with Crippen molar-refractivity contribution >= 4 is 40.4 Å². The molecular weight excluding hydrogens is 364 g/mol. The Hall–Kier alpha value is -3.26. The first-order chi connectivity index (χ1) is 13.1. The number of amides is 1. The van der Waals surface area contributed by atoms with Gasteiger partial charge in [-0.25, -0.2) is 9.98 Å². The molecule has 0 aliphatic carbocycles. The van der Waals surface area contributed by atoms with Gasteiger partial charge < -0.3 is 0 Å². The zero-order chi connectivity index (χ0) is 19.2. The number of carbonyl (C=O) groups is 1. The molecule has 3 rings (SSSR count). The highest BCUT2D eigenvalue weighted by atomic mass is 32.2. The molecule has 0 atom stereocenters. The van der Waals surface area contributed by atoms with E-state index in [4.69, 9.17) is 0 Å². The number of benzene rings is 1. The third-order valence-corrected chi connectivity index (χ3v) is 4.75. The van der Waals surface area contributed by atoms with Gasteiger partial charge in [-0.1, -0.05) is 24.3 Å². The summed E-state index contributed by atoms with van der Waals surface area (Å²) in [5.74, 6) is 0.382. The number of nitro benzene ring substituents is 1. The first-order valence-corrected chi connectivity index (χ1v) is 9.03. The number of hydrogen-bond acceptors (Lipinski definition) is 6. The second kappa shape index (κ2) is 8.41. The Bertz CT molecular complexity index is 954. The lowest BCUT2D eigenvalue weighted by Crippen LogP contribution is -2.28. The molecule has 7 nitrogen and oxygen atoms in total. The lowest BCUT2D eigenvalue weighted by Gasteiger charge is -2.11. The topological polar surface area (TPSA) is 88.7 Å². The van der Waals surface area contributed by atoms with Gasteiger partial charge in [0.05, 0.1) is 15.4 Å². The predicted molar refractivity (Wildman–Crippen MR) is 107 cm³/mol. The summed E-state index contributed by atoms with van der Waals surface area (Å²) >= 11 is 1.25. The molecular formula is C19H16N4O3S. The van der Waals surface area contributed by atoms with Crippen LogP contribution in [0.2, 0.25) is 0 Å². The highest BCUT2D eigenvalue weighted by molar-refractivity contribution is 8.18. The summed E-state index contributed by atoms with van der Waals surface area (Å²) in [5, 5.41) is 11.6. The fourth-order valence-electron chi connectivity index (χ4n) is 2.44. The first-order valence-electron chi connectivity index (χ1n) is 8.21. The fourth-order valence-corrected chi connectivity index (χ4v) is 3.44. The Morgan fingerprint density at radius 1 is 1.26 bits per heavy atom. The van der Waals surface area contributed by atoms with E-state index in [0.717, 1.165) is 0 Å². The lowest BCUT2D eigenvalue weighted by atomic mass is 10.1. The summed E-state index contributed by atoms with van der Waals surface area (Å²) in [5.41, 5.74) is 0.495. The van der Waals surface area contributed by atoms with E-state index >= 15 is 0 Å². The van der Waals surface area contributed by atoms with Gasteiger partial charge in [-0.15, -0.1) is 0 Å². The van der Waals surface area contributed by atoms with E-state index < -0.39 is 4.92 Å². The maximum absolute atomic E-state index is 12.5. The van der Waals surface area contributed by atoms with Crippen molar-refractivity contribution in [3.8, 4) is 0 Å². The smallest absolute Gasteiger partial charge is 0.276 e. The number of nitro groups is 1. The predicted octanol–water partition coefficient (Wildman–Crippen LogP) is 4.17. The standard InChI is InChI=1S/C19H16N4O3S/c1-2-22-18(24)16(27-19(22)21-17-12-5-6-13-20-17)11-7-9-14-8-3-4-10-15(14)23(25)26/h3-13H,2H2,1H3/b9-7+,16-11-,21-19+. The molecule has 1 fully saturated rings. The molecule has 0 radical (unpaired) electrons. The fraction of sp³-hybridized carbons (Fsp3) is 0.105. The van der Waals surface area contributed by atoms with Crippen LogP contribution in [-0.4, -0.2) is 32.4 Å². The second-order valence-corrected chi connectivity index (χ2v) is 6.45. The number of rotatable bonds is 5. The van der Waals surface area contributed by atoms with Gasteiger partial charge in [0.25, 0.3) is 11.6 Å². The number of hydrogen-bond donors (Lipinski definition) is 0. The molecule has 1 aromatic carbocycles. The van der Waals surface area contributed by atoms with Gasteiger partial charge >= 0.3 is 0 Å². The number of aromatic nitrogens is 1. The van der Waals surface area contributed by atoms with Crippen molar-refractivity contribution in [2.24, 2.45) is 4.99 Å². The van der Waals surface area contributed by atoms with Crippen molar-refractivity contribution < 1.29 is 9.72 Å². The number of allylic oxidation sites excluding steroid dienone is 2. The minimum atomic E-state index is -0.432. The number of nitrogens with zero attached hydrogens (tertiary/aromatic N) is 4. The summed E-state index contributed by atoms with van der Waals surface area (Å²) < 4.78 is 0. The summed E-state index contributed by atoms with van der Waals surface area (Å²) in [6.45, 7) is 2.36. The molecule has 2 heterocycles. The van der Waals surface area contributed by atoms with Gasteiger partial charge in [-0.05, 0) is 49.0 Å². The Morgan fingerprint density at radius 2 is 2.04 bits per heavy atom. The van der Waals surface area contributed by atoms with Crippen LogP contribution >= 0.6 is 11.8 Å². The van der Waals surface area contributed by atoms with Gasteiger partial charge in [0.15, 0.2) is 11.0 Å². The molecule has 27 heavy (non-hydrogen) atoms. The van der Waals surface area contributed by atoms with E-state index in [1.807, 2.05) is 13.0 Å². The highest BCUT2D eigenvalue weighted by Crippen LogP contribution is 2.32. The van der Waals surface area contributed by atoms with Gasteiger partial charge in [0, 0.05) is 18.8 Å². The maximum atomic E-state index is 12.5. The number of pyridine rings is 1. The van der Waals surface area contributed by atoms with Crippen LogP contribution in [0.3, 0.4) is 0 Å². The molecule has 0 N–H and O–H groups in total. The number of likely N-dealkylation sites (N-methyl/N-ethyl adjacent to an activating group) is 1. The van der Waals surface area contributed by atoms with E-state index in [2.05, 4.69) is 9.98 Å². The zero-order valence-corrected chi connectivity index (χ0v) is 15.3. The maximum Gasteiger partial charge on any atom is 0.276 e. The van der Waals surface area contributed by atoms with E-state index in [1.54, 1.807) is 59.7 Å². The van der Waals surface area contributed by atoms with Crippen LogP contribution in [0.4, 0.5) is 11.5 Å². The third kappa shape index (κ3) is 4.29. The summed E-state index contributed by atoms with van der Waals surface area (Å²) in [6.07, 6.45) is 6.54. The van der Waals surface area contributed by atoms with Crippen LogP contribution in [0.15, 0.2) is 70.7 Å². The van der Waals surface area contributed by atoms with Gasteiger partial charge in [0.2, 0.25) is 0 Å². The molecule has 1 aliphatic rings. The number of carbonyl (C=O) groups excluding carboxylic acids is 1. The molecule has 0 spiro atoms.